The van der Waals surface area contributed by atoms with Crippen LogP contribution in [0.15, 0.2) is 59.5 Å². The molecule has 0 radical (unpaired) electrons. The molecule has 188 valence electrons. The molecule has 2 aromatic carbocycles. The average molecular weight is 518 g/mol. The van der Waals surface area contributed by atoms with Crippen LogP contribution in [0.1, 0.15) is 18.4 Å². The summed E-state index contributed by atoms with van der Waals surface area (Å²) in [5.74, 6) is 0.154. The van der Waals surface area contributed by atoms with Gasteiger partial charge in [0.1, 0.15) is 5.75 Å². The lowest BCUT2D eigenvalue weighted by atomic mass is 9.98. The Labute approximate surface area is 213 Å². The lowest BCUT2D eigenvalue weighted by Crippen LogP contribution is -2.53. The minimum Gasteiger partial charge on any atom is -0.495 e. The van der Waals surface area contributed by atoms with Crippen LogP contribution in [0.5, 0.6) is 5.75 Å². The first-order valence-electron chi connectivity index (χ1n) is 11.9. The molecule has 2 heterocycles. The van der Waals surface area contributed by atoms with Crippen LogP contribution in [0.3, 0.4) is 0 Å². The highest BCUT2D eigenvalue weighted by atomic mass is 35.5. The predicted molar refractivity (Wildman–Crippen MR) is 138 cm³/mol. The van der Waals surface area contributed by atoms with E-state index in [0.717, 1.165) is 19.6 Å². The molecule has 9 heteroatoms. The summed E-state index contributed by atoms with van der Waals surface area (Å²) in [5.41, 5.74) is 1.18. The molecular formula is C26H32ClN3O4S. The summed E-state index contributed by atoms with van der Waals surface area (Å²) in [5, 5.41) is 0.245. The summed E-state index contributed by atoms with van der Waals surface area (Å²) in [6.07, 6.45) is 5.63. The van der Waals surface area contributed by atoms with Crippen LogP contribution in [0.25, 0.3) is 6.08 Å². The zero-order valence-corrected chi connectivity index (χ0v) is 21.5. The molecule has 1 amide bonds. The number of carbonyl (C=O) groups excluding carboxylic acids is 1. The van der Waals surface area contributed by atoms with Crippen molar-refractivity contribution in [1.29, 1.82) is 0 Å². The summed E-state index contributed by atoms with van der Waals surface area (Å²) in [4.78, 5) is 17.6. The van der Waals surface area contributed by atoms with E-state index in [1.54, 1.807) is 6.07 Å². The Hall–Kier alpha value is -2.39. The number of sulfonamides is 1. The molecule has 0 aliphatic carbocycles. The zero-order chi connectivity index (χ0) is 24.8. The van der Waals surface area contributed by atoms with Gasteiger partial charge >= 0.3 is 0 Å². The van der Waals surface area contributed by atoms with Gasteiger partial charge in [0, 0.05) is 45.8 Å². The molecule has 2 aliphatic heterocycles. The minimum atomic E-state index is -3.74. The van der Waals surface area contributed by atoms with Crippen LogP contribution < -0.4 is 4.74 Å². The topological polar surface area (TPSA) is 70.2 Å². The van der Waals surface area contributed by atoms with E-state index in [0.29, 0.717) is 38.2 Å². The number of benzene rings is 2. The highest BCUT2D eigenvalue weighted by Crippen LogP contribution is 2.30. The Morgan fingerprint density at radius 3 is 2.51 bits per heavy atom. The van der Waals surface area contributed by atoms with E-state index in [2.05, 4.69) is 29.2 Å². The van der Waals surface area contributed by atoms with Crippen molar-refractivity contribution >= 4 is 33.6 Å². The lowest BCUT2D eigenvalue weighted by Gasteiger charge is -2.38. The molecule has 7 nitrogen and oxygen atoms in total. The third-order valence-electron chi connectivity index (χ3n) is 6.65. The molecule has 4 rings (SSSR count). The number of carbonyl (C=O) groups is 1. The van der Waals surface area contributed by atoms with Crippen molar-refractivity contribution in [2.75, 3.05) is 52.9 Å². The van der Waals surface area contributed by atoms with Crippen LogP contribution in [-0.2, 0) is 14.8 Å². The molecule has 0 N–H and O–H groups in total. The first kappa shape index (κ1) is 25.7. The largest absolute Gasteiger partial charge is 0.495 e. The number of halogens is 1. The highest BCUT2D eigenvalue weighted by molar-refractivity contribution is 7.89. The summed E-state index contributed by atoms with van der Waals surface area (Å²) in [7, 11) is -2.26. The quantitative estimate of drug-likeness (QED) is 0.561. The number of ether oxygens (including phenoxy) is 1. The molecule has 0 bridgehead atoms. The van der Waals surface area contributed by atoms with Gasteiger partial charge in [-0.1, -0.05) is 54.1 Å². The maximum Gasteiger partial charge on any atom is 0.243 e. The van der Waals surface area contributed by atoms with Crippen LogP contribution in [0.4, 0.5) is 0 Å². The van der Waals surface area contributed by atoms with Gasteiger partial charge in [-0.2, -0.15) is 4.31 Å². The van der Waals surface area contributed by atoms with Crippen LogP contribution in [-0.4, -0.2) is 81.4 Å². The molecule has 2 fully saturated rings. The van der Waals surface area contributed by atoms with Crippen molar-refractivity contribution < 1.29 is 17.9 Å². The fourth-order valence-corrected chi connectivity index (χ4v) is 6.50. The molecule has 0 spiro atoms. The van der Waals surface area contributed by atoms with Crippen LogP contribution in [0, 0.1) is 5.92 Å². The molecule has 35 heavy (non-hydrogen) atoms. The molecule has 1 atom stereocenters. The fourth-order valence-electron chi connectivity index (χ4n) is 4.63. The van der Waals surface area contributed by atoms with Crippen molar-refractivity contribution in [3.05, 3.63) is 65.2 Å². The smallest absolute Gasteiger partial charge is 0.243 e. The predicted octanol–water partition coefficient (Wildman–Crippen LogP) is 3.61. The van der Waals surface area contributed by atoms with E-state index in [1.165, 1.54) is 29.1 Å². The maximum atomic E-state index is 13.2. The summed E-state index contributed by atoms with van der Waals surface area (Å²) < 4.78 is 33.0. The van der Waals surface area contributed by atoms with E-state index >= 15 is 0 Å². The third-order valence-corrected chi connectivity index (χ3v) is 8.81. The Balaban J connectivity index is 1.31. The zero-order valence-electron chi connectivity index (χ0n) is 20.0. The first-order valence-corrected chi connectivity index (χ1v) is 13.8. The second-order valence-electron chi connectivity index (χ2n) is 8.94. The maximum absolute atomic E-state index is 13.2. The molecule has 0 aromatic heterocycles. The van der Waals surface area contributed by atoms with Gasteiger partial charge in [0.15, 0.2) is 0 Å². The Bertz CT molecular complexity index is 1150. The lowest BCUT2D eigenvalue weighted by molar-refractivity contribution is -0.138. The van der Waals surface area contributed by atoms with E-state index < -0.39 is 10.0 Å². The first-order chi connectivity index (χ1) is 16.9. The molecule has 2 saturated heterocycles. The number of piperidine rings is 1. The fraction of sp³-hybridized carbons (Fsp3) is 0.423. The van der Waals surface area contributed by atoms with Crippen LogP contribution in [0.2, 0.25) is 5.02 Å². The van der Waals surface area contributed by atoms with Gasteiger partial charge in [-0.05, 0) is 36.6 Å². The molecule has 2 aromatic rings. The highest BCUT2D eigenvalue weighted by Gasteiger charge is 2.36. The standard InChI is InChI=1S/C26H32ClN3O4S/c1-34-25-12-11-23(19-24(25)27)35(32,33)30-14-6-10-22(20-30)26(31)29-17-15-28(16-18-29)13-5-9-21-7-3-2-4-8-21/h2-5,7-9,11-12,19,22H,6,10,13-18,20H2,1H3/b9-5+/t22-/m0/s1. The van der Waals surface area contributed by atoms with Crippen molar-refractivity contribution in [3.63, 3.8) is 0 Å². The summed E-state index contributed by atoms with van der Waals surface area (Å²) in [6.45, 7) is 4.39. The van der Waals surface area contributed by atoms with Gasteiger partial charge in [-0.3, -0.25) is 9.69 Å². The van der Waals surface area contributed by atoms with Crippen molar-refractivity contribution in [2.24, 2.45) is 5.92 Å². The Morgan fingerprint density at radius 1 is 1.09 bits per heavy atom. The molecule has 0 saturated carbocycles. The van der Waals surface area contributed by atoms with Crippen molar-refractivity contribution in [2.45, 2.75) is 17.7 Å². The second kappa shape index (κ2) is 11.6. The van der Waals surface area contributed by atoms with Gasteiger partial charge in [-0.25, -0.2) is 8.42 Å². The number of hydrogen-bond donors (Lipinski definition) is 0. The monoisotopic (exact) mass is 517 g/mol. The summed E-state index contributed by atoms with van der Waals surface area (Å²) in [6, 6.07) is 14.7. The minimum absolute atomic E-state index is 0.0529. The SMILES string of the molecule is COc1ccc(S(=O)(=O)N2CCC[C@H](C(=O)N3CCN(C/C=C/c4ccccc4)CC3)C2)cc1Cl. The Kier molecular flexibility index (Phi) is 8.49. The van der Waals surface area contributed by atoms with Gasteiger partial charge in [0.2, 0.25) is 15.9 Å². The molecule has 0 unspecified atom stereocenters. The van der Waals surface area contributed by atoms with Crippen molar-refractivity contribution in [1.82, 2.24) is 14.1 Å². The third kappa shape index (κ3) is 6.25. The molecular weight excluding hydrogens is 486 g/mol. The van der Waals surface area contributed by atoms with Gasteiger partial charge in [-0.15, -0.1) is 0 Å². The number of hydrogen-bond acceptors (Lipinski definition) is 5. The summed E-state index contributed by atoms with van der Waals surface area (Å²) >= 11 is 6.15. The average Bonchev–Trinajstić information content (AvgIpc) is 2.89. The Morgan fingerprint density at radius 2 is 1.83 bits per heavy atom. The van der Waals surface area contributed by atoms with Gasteiger partial charge in [0.25, 0.3) is 0 Å². The number of amides is 1. The van der Waals surface area contributed by atoms with E-state index in [9.17, 15) is 13.2 Å². The second-order valence-corrected chi connectivity index (χ2v) is 11.3. The number of methoxy groups -OCH3 is 1. The van der Waals surface area contributed by atoms with Gasteiger partial charge in [0.05, 0.1) is 22.9 Å². The van der Waals surface area contributed by atoms with E-state index in [4.69, 9.17) is 16.3 Å². The number of rotatable bonds is 7. The number of piperazine rings is 1. The number of nitrogens with zero attached hydrogens (tertiary/aromatic N) is 3. The van der Waals surface area contributed by atoms with E-state index in [1.807, 2.05) is 23.1 Å². The van der Waals surface area contributed by atoms with Crippen LogP contribution >= 0.6 is 11.6 Å². The normalized spacial score (nSPS) is 20.3. The van der Waals surface area contributed by atoms with E-state index in [-0.39, 0.29) is 28.3 Å². The molecule has 2 aliphatic rings. The van der Waals surface area contributed by atoms with Crippen molar-refractivity contribution in [3.8, 4) is 5.75 Å². The van der Waals surface area contributed by atoms with Gasteiger partial charge < -0.3 is 9.64 Å².